The van der Waals surface area contributed by atoms with Gasteiger partial charge in [-0.1, -0.05) is 30.3 Å². The molecule has 1 atom stereocenters. The first-order valence-electron chi connectivity index (χ1n) is 7.29. The third-order valence-electron chi connectivity index (χ3n) is 3.47. The van der Waals surface area contributed by atoms with Crippen LogP contribution in [0, 0.1) is 5.92 Å². The van der Waals surface area contributed by atoms with E-state index in [0.717, 1.165) is 5.56 Å². The van der Waals surface area contributed by atoms with Gasteiger partial charge in [-0.25, -0.2) is 0 Å². The standard InChI is InChI=1S/C16H21NO4/c18-15(11-21-10-12-6-7-12)17-14(8-9-16(19)20)13-4-2-1-3-5-13/h1-5,12,14H,6-11H2,(H,17,18)(H,19,20). The van der Waals surface area contributed by atoms with Crippen molar-refractivity contribution in [1.29, 1.82) is 0 Å². The molecule has 1 aromatic carbocycles. The average molecular weight is 291 g/mol. The number of hydrogen-bond acceptors (Lipinski definition) is 3. The highest BCUT2D eigenvalue weighted by Gasteiger charge is 2.22. The lowest BCUT2D eigenvalue weighted by molar-refractivity contribution is -0.137. The van der Waals surface area contributed by atoms with Crippen LogP contribution in [-0.2, 0) is 14.3 Å². The zero-order valence-electron chi connectivity index (χ0n) is 12.0. The molecule has 1 unspecified atom stereocenters. The van der Waals surface area contributed by atoms with Crippen LogP contribution in [-0.4, -0.2) is 30.2 Å². The Morgan fingerprint density at radius 2 is 2.00 bits per heavy atom. The van der Waals surface area contributed by atoms with Crippen molar-refractivity contribution in [2.45, 2.75) is 31.7 Å². The van der Waals surface area contributed by atoms with Crippen molar-refractivity contribution >= 4 is 11.9 Å². The van der Waals surface area contributed by atoms with E-state index in [1.54, 1.807) is 0 Å². The average Bonchev–Trinajstić information content (AvgIpc) is 3.28. The third kappa shape index (κ3) is 5.95. The Morgan fingerprint density at radius 1 is 1.29 bits per heavy atom. The topological polar surface area (TPSA) is 75.6 Å². The van der Waals surface area contributed by atoms with Crippen molar-refractivity contribution in [2.24, 2.45) is 5.92 Å². The lowest BCUT2D eigenvalue weighted by Gasteiger charge is -2.18. The molecule has 1 fully saturated rings. The van der Waals surface area contributed by atoms with Gasteiger partial charge in [-0.3, -0.25) is 9.59 Å². The molecule has 21 heavy (non-hydrogen) atoms. The monoisotopic (exact) mass is 291 g/mol. The number of amides is 1. The van der Waals surface area contributed by atoms with Gasteiger partial charge in [-0.15, -0.1) is 0 Å². The predicted molar refractivity (Wildman–Crippen MR) is 77.7 cm³/mol. The highest BCUT2D eigenvalue weighted by atomic mass is 16.5. The lowest BCUT2D eigenvalue weighted by atomic mass is 10.0. The zero-order chi connectivity index (χ0) is 15.1. The number of nitrogens with one attached hydrogen (secondary N) is 1. The second-order valence-electron chi connectivity index (χ2n) is 5.42. The Kier molecular flexibility index (Phi) is 5.75. The SMILES string of the molecule is O=C(O)CCC(NC(=O)COCC1CC1)c1ccccc1. The normalized spacial score (nSPS) is 15.4. The van der Waals surface area contributed by atoms with Gasteiger partial charge in [0, 0.05) is 6.42 Å². The summed E-state index contributed by atoms with van der Waals surface area (Å²) in [6.07, 6.45) is 2.76. The summed E-state index contributed by atoms with van der Waals surface area (Å²) in [5.74, 6) is -0.445. The maximum absolute atomic E-state index is 11.9. The minimum absolute atomic E-state index is 0.0166. The number of carbonyl (C=O) groups is 2. The van der Waals surface area contributed by atoms with Gasteiger partial charge in [-0.2, -0.15) is 0 Å². The van der Waals surface area contributed by atoms with Gasteiger partial charge in [0.15, 0.2) is 0 Å². The predicted octanol–water partition coefficient (Wildman–Crippen LogP) is 2.14. The molecule has 2 N–H and O–H groups in total. The molecule has 1 aromatic rings. The Labute approximate surface area is 124 Å². The van der Waals surface area contributed by atoms with Gasteiger partial charge < -0.3 is 15.2 Å². The Bertz CT molecular complexity index is 470. The van der Waals surface area contributed by atoms with E-state index in [1.165, 1.54) is 12.8 Å². The second kappa shape index (κ2) is 7.78. The van der Waals surface area contributed by atoms with Gasteiger partial charge in [0.1, 0.15) is 6.61 Å². The fraction of sp³-hybridized carbons (Fsp3) is 0.500. The van der Waals surface area contributed by atoms with Crippen LogP contribution in [0.5, 0.6) is 0 Å². The molecule has 0 heterocycles. The molecule has 0 radical (unpaired) electrons. The molecule has 5 nitrogen and oxygen atoms in total. The molecule has 2 rings (SSSR count). The van der Waals surface area contributed by atoms with E-state index in [-0.39, 0.29) is 25.0 Å². The third-order valence-corrected chi connectivity index (χ3v) is 3.47. The molecule has 1 saturated carbocycles. The van der Waals surface area contributed by atoms with Crippen molar-refractivity contribution in [3.8, 4) is 0 Å². The van der Waals surface area contributed by atoms with Crippen molar-refractivity contribution < 1.29 is 19.4 Å². The smallest absolute Gasteiger partial charge is 0.303 e. The van der Waals surface area contributed by atoms with E-state index >= 15 is 0 Å². The molecule has 0 bridgehead atoms. The fourth-order valence-electron chi connectivity index (χ4n) is 2.11. The molecule has 0 aliphatic heterocycles. The first-order chi connectivity index (χ1) is 10.1. The minimum Gasteiger partial charge on any atom is -0.481 e. The van der Waals surface area contributed by atoms with Crippen LogP contribution in [0.25, 0.3) is 0 Å². The number of hydrogen-bond donors (Lipinski definition) is 2. The van der Waals surface area contributed by atoms with E-state index in [9.17, 15) is 9.59 Å². The largest absolute Gasteiger partial charge is 0.481 e. The van der Waals surface area contributed by atoms with Crippen molar-refractivity contribution in [1.82, 2.24) is 5.32 Å². The van der Waals surface area contributed by atoms with Crippen LogP contribution in [0.3, 0.4) is 0 Å². The minimum atomic E-state index is -0.866. The summed E-state index contributed by atoms with van der Waals surface area (Å²) in [7, 11) is 0. The summed E-state index contributed by atoms with van der Waals surface area (Å²) in [6, 6.07) is 9.12. The number of carboxylic acid groups (broad SMARTS) is 1. The molecule has 1 aliphatic carbocycles. The molecule has 0 aromatic heterocycles. The van der Waals surface area contributed by atoms with Gasteiger partial charge in [0.05, 0.1) is 12.6 Å². The molecular weight excluding hydrogens is 270 g/mol. The number of rotatable bonds is 9. The Balaban J connectivity index is 1.84. The maximum atomic E-state index is 11.9. The van der Waals surface area contributed by atoms with Crippen molar-refractivity contribution in [2.75, 3.05) is 13.2 Å². The van der Waals surface area contributed by atoms with Crippen LogP contribution in [0.2, 0.25) is 0 Å². The highest BCUT2D eigenvalue weighted by Crippen LogP contribution is 2.28. The fourth-order valence-corrected chi connectivity index (χ4v) is 2.11. The quantitative estimate of drug-likeness (QED) is 0.731. The summed E-state index contributed by atoms with van der Waals surface area (Å²) >= 11 is 0. The second-order valence-corrected chi connectivity index (χ2v) is 5.42. The van der Waals surface area contributed by atoms with Gasteiger partial charge in [-0.05, 0) is 30.7 Å². The van der Waals surface area contributed by atoms with E-state index in [1.807, 2.05) is 30.3 Å². The molecular formula is C16H21NO4. The lowest BCUT2D eigenvalue weighted by Crippen LogP contribution is -2.32. The number of ether oxygens (including phenoxy) is 1. The molecule has 114 valence electrons. The van der Waals surface area contributed by atoms with Crippen LogP contribution in [0.4, 0.5) is 0 Å². The van der Waals surface area contributed by atoms with Crippen molar-refractivity contribution in [3.05, 3.63) is 35.9 Å². The Morgan fingerprint density at radius 3 is 2.62 bits per heavy atom. The summed E-state index contributed by atoms with van der Waals surface area (Å²) in [5, 5.41) is 11.7. The highest BCUT2D eigenvalue weighted by molar-refractivity contribution is 5.77. The number of carboxylic acids is 1. The molecule has 0 spiro atoms. The Hall–Kier alpha value is -1.88. The van der Waals surface area contributed by atoms with E-state index in [0.29, 0.717) is 18.9 Å². The first kappa shape index (κ1) is 15.5. The van der Waals surface area contributed by atoms with E-state index < -0.39 is 5.97 Å². The maximum Gasteiger partial charge on any atom is 0.303 e. The summed E-state index contributed by atoms with van der Waals surface area (Å²) in [4.78, 5) is 22.6. The van der Waals surface area contributed by atoms with Crippen LogP contribution in [0.1, 0.15) is 37.3 Å². The van der Waals surface area contributed by atoms with E-state index in [4.69, 9.17) is 9.84 Å². The van der Waals surface area contributed by atoms with Crippen LogP contribution in [0.15, 0.2) is 30.3 Å². The van der Waals surface area contributed by atoms with E-state index in [2.05, 4.69) is 5.32 Å². The zero-order valence-corrected chi connectivity index (χ0v) is 12.0. The number of carbonyl (C=O) groups excluding carboxylic acids is 1. The summed E-state index contributed by atoms with van der Waals surface area (Å²) in [6.45, 7) is 0.672. The van der Waals surface area contributed by atoms with Gasteiger partial charge >= 0.3 is 5.97 Å². The van der Waals surface area contributed by atoms with Gasteiger partial charge in [0.25, 0.3) is 0 Å². The molecule has 5 heteroatoms. The number of benzene rings is 1. The molecule has 1 aliphatic rings. The van der Waals surface area contributed by atoms with Crippen molar-refractivity contribution in [3.63, 3.8) is 0 Å². The molecule has 0 saturated heterocycles. The summed E-state index contributed by atoms with van der Waals surface area (Å²) < 4.78 is 5.35. The van der Waals surface area contributed by atoms with Crippen LogP contribution < -0.4 is 5.32 Å². The number of aliphatic carboxylic acids is 1. The first-order valence-corrected chi connectivity index (χ1v) is 7.29. The van der Waals surface area contributed by atoms with Gasteiger partial charge in [0.2, 0.25) is 5.91 Å². The summed E-state index contributed by atoms with van der Waals surface area (Å²) in [5.41, 5.74) is 0.911. The van der Waals surface area contributed by atoms with Crippen LogP contribution >= 0.6 is 0 Å². The molecule has 1 amide bonds.